The lowest BCUT2D eigenvalue weighted by Crippen LogP contribution is -2.45. The van der Waals surface area contributed by atoms with E-state index in [-0.39, 0.29) is 21.8 Å². The second-order valence-corrected chi connectivity index (χ2v) is 4.80. The van der Waals surface area contributed by atoms with Gasteiger partial charge in [-0.2, -0.15) is 0 Å². The molecule has 0 aliphatic carbocycles. The highest BCUT2D eigenvalue weighted by molar-refractivity contribution is 6.41. The standard InChI is InChI=1S/C11H14Cl2N2O3/c1-3-5(2)8(11(17)18)15-10(16)7-4-6(12)9(13)14-7/h4-5,8,14H,3H2,1-2H3,(H,15,16)(H,17,18). The fraction of sp³-hybridized carbons (Fsp3) is 0.455. The summed E-state index contributed by atoms with van der Waals surface area (Å²) in [4.78, 5) is 25.5. The van der Waals surface area contributed by atoms with Gasteiger partial charge in [-0.15, -0.1) is 0 Å². The van der Waals surface area contributed by atoms with E-state index < -0.39 is 17.9 Å². The van der Waals surface area contributed by atoms with E-state index in [1.807, 2.05) is 6.92 Å². The lowest BCUT2D eigenvalue weighted by atomic mass is 9.99. The fourth-order valence-electron chi connectivity index (χ4n) is 1.43. The second kappa shape index (κ2) is 6.11. The van der Waals surface area contributed by atoms with E-state index in [1.54, 1.807) is 6.92 Å². The summed E-state index contributed by atoms with van der Waals surface area (Å²) in [5.74, 6) is -1.79. The van der Waals surface area contributed by atoms with Crippen molar-refractivity contribution in [2.45, 2.75) is 26.3 Å². The number of nitrogens with one attached hydrogen (secondary N) is 2. The number of carboxylic acid groups (broad SMARTS) is 1. The number of carboxylic acids is 1. The molecule has 100 valence electrons. The van der Waals surface area contributed by atoms with Crippen molar-refractivity contribution in [2.24, 2.45) is 5.92 Å². The molecule has 1 aromatic rings. The topological polar surface area (TPSA) is 82.2 Å². The van der Waals surface area contributed by atoms with Crippen LogP contribution in [-0.2, 0) is 4.79 Å². The van der Waals surface area contributed by atoms with Crippen LogP contribution in [-0.4, -0.2) is 28.0 Å². The van der Waals surface area contributed by atoms with Crippen LogP contribution >= 0.6 is 23.2 Å². The number of carbonyl (C=O) groups excluding carboxylic acids is 1. The third kappa shape index (κ3) is 3.40. The van der Waals surface area contributed by atoms with E-state index in [2.05, 4.69) is 10.3 Å². The molecule has 2 atom stereocenters. The first-order valence-electron chi connectivity index (χ1n) is 5.44. The quantitative estimate of drug-likeness (QED) is 0.780. The Labute approximate surface area is 114 Å². The SMILES string of the molecule is CCC(C)C(NC(=O)c1cc(Cl)c(Cl)[nH]1)C(=O)O. The number of aliphatic carboxylic acids is 1. The first kappa shape index (κ1) is 14.9. The molecule has 2 unspecified atom stereocenters. The van der Waals surface area contributed by atoms with Crippen LogP contribution in [0.3, 0.4) is 0 Å². The minimum Gasteiger partial charge on any atom is -0.480 e. The van der Waals surface area contributed by atoms with Crippen LogP contribution in [0.15, 0.2) is 6.07 Å². The Bertz CT molecular complexity index is 440. The summed E-state index contributed by atoms with van der Waals surface area (Å²) in [5.41, 5.74) is 0.138. The van der Waals surface area contributed by atoms with Crippen molar-refractivity contribution in [1.82, 2.24) is 10.3 Å². The van der Waals surface area contributed by atoms with Crippen LogP contribution in [0.5, 0.6) is 0 Å². The summed E-state index contributed by atoms with van der Waals surface area (Å²) in [5, 5.41) is 11.9. The van der Waals surface area contributed by atoms with E-state index in [0.717, 1.165) is 0 Å². The van der Waals surface area contributed by atoms with Crippen LogP contribution in [0.4, 0.5) is 0 Å². The van der Waals surface area contributed by atoms with Crippen LogP contribution in [0.25, 0.3) is 0 Å². The van der Waals surface area contributed by atoms with Crippen molar-refractivity contribution in [3.8, 4) is 0 Å². The molecule has 1 rings (SSSR count). The number of aromatic nitrogens is 1. The van der Waals surface area contributed by atoms with Gasteiger partial charge in [0.05, 0.1) is 5.02 Å². The summed E-state index contributed by atoms with van der Waals surface area (Å²) in [6, 6.07) is 0.415. The highest BCUT2D eigenvalue weighted by atomic mass is 35.5. The Kier molecular flexibility index (Phi) is 5.04. The fourth-order valence-corrected chi connectivity index (χ4v) is 1.74. The van der Waals surface area contributed by atoms with Crippen LogP contribution in [0.2, 0.25) is 10.2 Å². The molecule has 0 radical (unpaired) electrons. The summed E-state index contributed by atoms with van der Waals surface area (Å²) >= 11 is 11.4. The average Bonchev–Trinajstić information content (AvgIpc) is 2.65. The molecule has 1 amide bonds. The molecule has 5 nitrogen and oxygen atoms in total. The molecule has 1 aromatic heterocycles. The third-order valence-corrected chi connectivity index (χ3v) is 3.43. The van der Waals surface area contributed by atoms with Crippen molar-refractivity contribution in [3.05, 3.63) is 21.9 Å². The number of carbonyl (C=O) groups is 2. The predicted molar refractivity (Wildman–Crippen MR) is 69.2 cm³/mol. The molecule has 0 aliphatic heterocycles. The lowest BCUT2D eigenvalue weighted by molar-refractivity contribution is -0.140. The summed E-state index contributed by atoms with van der Waals surface area (Å²) in [7, 11) is 0. The minimum absolute atomic E-state index is 0.138. The maximum absolute atomic E-state index is 11.8. The van der Waals surface area contributed by atoms with Gasteiger partial charge in [0, 0.05) is 0 Å². The number of amides is 1. The Morgan fingerprint density at radius 2 is 2.11 bits per heavy atom. The van der Waals surface area contributed by atoms with Crippen molar-refractivity contribution >= 4 is 35.1 Å². The Hall–Kier alpha value is -1.20. The number of halogens is 2. The highest BCUT2D eigenvalue weighted by Crippen LogP contribution is 2.22. The van der Waals surface area contributed by atoms with Gasteiger partial charge in [0.25, 0.3) is 5.91 Å². The van der Waals surface area contributed by atoms with E-state index in [0.29, 0.717) is 6.42 Å². The summed E-state index contributed by atoms with van der Waals surface area (Å²) in [6.07, 6.45) is 0.642. The Morgan fingerprint density at radius 1 is 1.50 bits per heavy atom. The molecule has 0 aromatic carbocycles. The predicted octanol–water partition coefficient (Wildman–Crippen LogP) is 2.55. The first-order chi connectivity index (χ1) is 8.36. The molecule has 1 heterocycles. The maximum Gasteiger partial charge on any atom is 0.326 e. The van der Waals surface area contributed by atoms with Gasteiger partial charge < -0.3 is 15.4 Å². The van der Waals surface area contributed by atoms with Gasteiger partial charge in [0.1, 0.15) is 16.9 Å². The molecule has 18 heavy (non-hydrogen) atoms. The van der Waals surface area contributed by atoms with Crippen molar-refractivity contribution in [3.63, 3.8) is 0 Å². The average molecular weight is 293 g/mol. The van der Waals surface area contributed by atoms with Crippen LogP contribution < -0.4 is 5.32 Å². The zero-order valence-corrected chi connectivity index (χ0v) is 11.5. The lowest BCUT2D eigenvalue weighted by Gasteiger charge is -2.19. The molecule has 0 spiro atoms. The van der Waals surface area contributed by atoms with Gasteiger partial charge in [0.15, 0.2) is 0 Å². The monoisotopic (exact) mass is 292 g/mol. The number of aromatic amines is 1. The zero-order chi connectivity index (χ0) is 13.9. The largest absolute Gasteiger partial charge is 0.480 e. The van der Waals surface area contributed by atoms with E-state index in [4.69, 9.17) is 28.3 Å². The van der Waals surface area contributed by atoms with Crippen LogP contribution in [0.1, 0.15) is 30.8 Å². The van der Waals surface area contributed by atoms with Crippen molar-refractivity contribution < 1.29 is 14.7 Å². The van der Waals surface area contributed by atoms with Gasteiger partial charge in [0.2, 0.25) is 0 Å². The smallest absolute Gasteiger partial charge is 0.326 e. The van der Waals surface area contributed by atoms with E-state index in [1.165, 1.54) is 6.07 Å². The van der Waals surface area contributed by atoms with Crippen molar-refractivity contribution in [2.75, 3.05) is 0 Å². The number of rotatable bonds is 5. The Morgan fingerprint density at radius 3 is 2.50 bits per heavy atom. The van der Waals surface area contributed by atoms with Gasteiger partial charge in [-0.25, -0.2) is 4.79 Å². The molecule has 0 bridgehead atoms. The van der Waals surface area contributed by atoms with Gasteiger partial charge >= 0.3 is 5.97 Å². The first-order valence-corrected chi connectivity index (χ1v) is 6.20. The number of hydrogen-bond acceptors (Lipinski definition) is 2. The summed E-state index contributed by atoms with van der Waals surface area (Å²) < 4.78 is 0. The third-order valence-electron chi connectivity index (χ3n) is 2.74. The normalized spacial score (nSPS) is 14.0. The molecule has 0 saturated carbocycles. The number of H-pyrrole nitrogens is 1. The molecule has 0 fully saturated rings. The molecular weight excluding hydrogens is 279 g/mol. The van der Waals surface area contributed by atoms with E-state index in [9.17, 15) is 9.59 Å². The zero-order valence-electron chi connectivity index (χ0n) is 9.96. The minimum atomic E-state index is -1.07. The Balaban J connectivity index is 2.81. The van der Waals surface area contributed by atoms with Gasteiger partial charge in [-0.05, 0) is 12.0 Å². The maximum atomic E-state index is 11.8. The summed E-state index contributed by atoms with van der Waals surface area (Å²) in [6.45, 7) is 3.61. The van der Waals surface area contributed by atoms with Crippen LogP contribution in [0, 0.1) is 5.92 Å². The molecule has 0 aliphatic rings. The van der Waals surface area contributed by atoms with E-state index >= 15 is 0 Å². The molecule has 3 N–H and O–H groups in total. The second-order valence-electron chi connectivity index (χ2n) is 4.02. The molecule has 7 heteroatoms. The van der Waals surface area contributed by atoms with Crippen molar-refractivity contribution in [1.29, 1.82) is 0 Å². The highest BCUT2D eigenvalue weighted by Gasteiger charge is 2.26. The molecule has 0 saturated heterocycles. The van der Waals surface area contributed by atoms with Gasteiger partial charge in [-0.3, -0.25) is 4.79 Å². The number of hydrogen-bond donors (Lipinski definition) is 3. The van der Waals surface area contributed by atoms with Gasteiger partial charge in [-0.1, -0.05) is 43.5 Å². The molecular formula is C11H14Cl2N2O3.